The first kappa shape index (κ1) is 30.0. The molecule has 1 aromatic carbocycles. The maximum atomic E-state index is 13.2. The topological polar surface area (TPSA) is 104 Å². The van der Waals surface area contributed by atoms with E-state index in [0.717, 1.165) is 29.2 Å². The SMILES string of the molecule is O=C(NCc1cc(NCc2ccccn2)nc(-c2ccc(C(F)(F)F)cc2)c1)C1CCCN1S(=O)(=O)c1ccc(Cl)s1. The van der Waals surface area contributed by atoms with E-state index in [1.165, 1.54) is 28.6 Å². The molecule has 1 aliphatic heterocycles. The third kappa shape index (κ3) is 6.92. The van der Waals surface area contributed by atoms with Crippen LogP contribution in [0.5, 0.6) is 0 Å². The maximum Gasteiger partial charge on any atom is 0.416 e. The van der Waals surface area contributed by atoms with Gasteiger partial charge in [-0.15, -0.1) is 11.3 Å². The third-order valence-electron chi connectivity index (χ3n) is 6.65. The Bertz CT molecular complexity index is 1670. The Labute approximate surface area is 249 Å². The summed E-state index contributed by atoms with van der Waals surface area (Å²) in [5.41, 5.74) is 1.46. The quantitative estimate of drug-likeness (QED) is 0.235. The second-order valence-corrected chi connectivity index (χ2v) is 13.4. The number of carbonyl (C=O) groups is 1. The van der Waals surface area contributed by atoms with Gasteiger partial charge in [0, 0.05) is 24.8 Å². The van der Waals surface area contributed by atoms with Gasteiger partial charge in [-0.1, -0.05) is 29.8 Å². The molecule has 4 heterocycles. The number of hydrogen-bond donors (Lipinski definition) is 2. The number of aromatic nitrogens is 2. The number of sulfonamides is 1. The molecule has 1 fully saturated rings. The van der Waals surface area contributed by atoms with Gasteiger partial charge in [0.05, 0.1) is 27.8 Å². The first-order valence-electron chi connectivity index (χ1n) is 12.9. The highest BCUT2D eigenvalue weighted by atomic mass is 35.5. The van der Waals surface area contributed by atoms with Crippen LogP contribution in [0.25, 0.3) is 11.3 Å². The molecular weight excluding hydrogens is 611 g/mol. The number of carbonyl (C=O) groups excluding carboxylic acids is 1. The standard InChI is InChI=1S/C28H25ClF3N5O3S2/c29-24-10-11-26(41-24)42(39,40)37-13-3-5-23(37)27(38)35-16-18-14-22(19-6-8-20(9-7-19)28(30,31)32)36-25(15-18)34-17-21-4-1-2-12-33-21/h1-2,4,6-12,14-15,23H,3,5,13,16-17H2,(H,34,36)(H,35,38). The highest BCUT2D eigenvalue weighted by Crippen LogP contribution is 2.33. The van der Waals surface area contributed by atoms with Crippen LogP contribution in [0.3, 0.4) is 0 Å². The number of halogens is 4. The zero-order valence-electron chi connectivity index (χ0n) is 21.9. The van der Waals surface area contributed by atoms with E-state index >= 15 is 0 Å². The summed E-state index contributed by atoms with van der Waals surface area (Å²) in [6.45, 7) is 0.602. The molecule has 1 amide bonds. The van der Waals surface area contributed by atoms with Gasteiger partial charge in [-0.25, -0.2) is 13.4 Å². The van der Waals surface area contributed by atoms with Crippen molar-refractivity contribution in [3.05, 3.63) is 94.1 Å². The number of amides is 1. The van der Waals surface area contributed by atoms with E-state index in [2.05, 4.69) is 20.6 Å². The van der Waals surface area contributed by atoms with Gasteiger partial charge in [0.15, 0.2) is 0 Å². The lowest BCUT2D eigenvalue weighted by Gasteiger charge is -2.22. The van der Waals surface area contributed by atoms with E-state index in [0.29, 0.717) is 46.4 Å². The molecule has 0 aliphatic carbocycles. The van der Waals surface area contributed by atoms with Crippen molar-refractivity contribution in [1.82, 2.24) is 19.6 Å². The van der Waals surface area contributed by atoms with Gasteiger partial charge < -0.3 is 10.6 Å². The van der Waals surface area contributed by atoms with E-state index in [-0.39, 0.29) is 17.3 Å². The van der Waals surface area contributed by atoms with Gasteiger partial charge in [-0.2, -0.15) is 17.5 Å². The zero-order valence-corrected chi connectivity index (χ0v) is 24.3. The molecule has 5 rings (SSSR count). The minimum atomic E-state index is -4.47. The van der Waals surface area contributed by atoms with Crippen LogP contribution < -0.4 is 10.6 Å². The lowest BCUT2D eigenvalue weighted by atomic mass is 10.1. The molecule has 0 bridgehead atoms. The highest BCUT2D eigenvalue weighted by Gasteiger charge is 2.40. The molecule has 0 spiro atoms. The predicted molar refractivity (Wildman–Crippen MR) is 154 cm³/mol. The first-order chi connectivity index (χ1) is 20.0. The smallest absolute Gasteiger partial charge is 0.364 e. The van der Waals surface area contributed by atoms with Crippen LogP contribution in [0, 0.1) is 0 Å². The molecule has 0 saturated carbocycles. The molecule has 1 saturated heterocycles. The van der Waals surface area contributed by atoms with Crippen LogP contribution in [0.2, 0.25) is 4.34 Å². The van der Waals surface area contributed by atoms with Crippen LogP contribution in [0.4, 0.5) is 19.0 Å². The predicted octanol–water partition coefficient (Wildman–Crippen LogP) is 5.96. The number of alkyl halides is 3. The largest absolute Gasteiger partial charge is 0.416 e. The van der Waals surface area contributed by atoms with Crippen molar-refractivity contribution in [3.63, 3.8) is 0 Å². The van der Waals surface area contributed by atoms with Crippen LogP contribution in [-0.4, -0.2) is 41.2 Å². The molecule has 42 heavy (non-hydrogen) atoms. The molecule has 0 radical (unpaired) electrons. The van der Waals surface area contributed by atoms with E-state index in [4.69, 9.17) is 11.6 Å². The van der Waals surface area contributed by atoms with Gasteiger partial charge in [-0.3, -0.25) is 9.78 Å². The Hall–Kier alpha value is -3.52. The number of benzene rings is 1. The summed E-state index contributed by atoms with van der Waals surface area (Å²) in [5.74, 6) is -0.0171. The van der Waals surface area contributed by atoms with Gasteiger partial charge in [0.1, 0.15) is 16.1 Å². The minimum Gasteiger partial charge on any atom is -0.364 e. The van der Waals surface area contributed by atoms with E-state index in [1.807, 2.05) is 12.1 Å². The summed E-state index contributed by atoms with van der Waals surface area (Å²) < 4.78 is 67.2. The number of pyridine rings is 2. The molecule has 2 N–H and O–H groups in total. The average Bonchev–Trinajstić information content (AvgIpc) is 3.65. The lowest BCUT2D eigenvalue weighted by molar-refractivity contribution is -0.137. The molecule has 8 nitrogen and oxygen atoms in total. The average molecular weight is 636 g/mol. The first-order valence-corrected chi connectivity index (χ1v) is 15.5. The van der Waals surface area contributed by atoms with E-state index in [9.17, 15) is 26.4 Å². The van der Waals surface area contributed by atoms with Crippen LogP contribution in [0.1, 0.15) is 29.7 Å². The number of nitrogens with zero attached hydrogens (tertiary/aromatic N) is 3. The van der Waals surface area contributed by atoms with Gasteiger partial charge in [0.25, 0.3) is 10.0 Å². The van der Waals surface area contributed by atoms with Gasteiger partial charge in [0.2, 0.25) is 5.91 Å². The van der Waals surface area contributed by atoms with Gasteiger partial charge in [-0.05, 0) is 66.9 Å². The molecule has 220 valence electrons. The number of thiophene rings is 1. The molecule has 1 aliphatic rings. The molecule has 1 atom stereocenters. The molecule has 3 aromatic heterocycles. The Kier molecular flexibility index (Phi) is 8.83. The third-order valence-corrected chi connectivity index (χ3v) is 10.3. The fraction of sp³-hybridized carbons (Fsp3) is 0.250. The Morgan fingerprint density at radius 3 is 2.52 bits per heavy atom. The Morgan fingerprint density at radius 2 is 1.86 bits per heavy atom. The van der Waals surface area contributed by atoms with Gasteiger partial charge >= 0.3 is 6.18 Å². The van der Waals surface area contributed by atoms with Crippen molar-refractivity contribution in [2.24, 2.45) is 0 Å². The number of hydrogen-bond acceptors (Lipinski definition) is 7. The Morgan fingerprint density at radius 1 is 1.07 bits per heavy atom. The summed E-state index contributed by atoms with van der Waals surface area (Å²) in [7, 11) is -3.89. The molecule has 14 heteroatoms. The normalized spacial score (nSPS) is 16.0. The summed E-state index contributed by atoms with van der Waals surface area (Å²) in [4.78, 5) is 22.0. The number of nitrogens with one attached hydrogen (secondary N) is 2. The number of rotatable bonds is 9. The Balaban J connectivity index is 1.36. The zero-order chi connectivity index (χ0) is 29.9. The van der Waals surface area contributed by atoms with Crippen molar-refractivity contribution < 1.29 is 26.4 Å². The lowest BCUT2D eigenvalue weighted by Crippen LogP contribution is -2.45. The highest BCUT2D eigenvalue weighted by molar-refractivity contribution is 7.91. The summed E-state index contributed by atoms with van der Waals surface area (Å²) in [5, 5.41) is 6.00. The van der Waals surface area contributed by atoms with Crippen LogP contribution >= 0.6 is 22.9 Å². The molecular formula is C28H25ClF3N5O3S2. The maximum absolute atomic E-state index is 13.2. The van der Waals surface area contributed by atoms with Crippen molar-refractivity contribution in [2.75, 3.05) is 11.9 Å². The van der Waals surface area contributed by atoms with Crippen molar-refractivity contribution in [1.29, 1.82) is 0 Å². The molecule has 4 aromatic rings. The summed E-state index contributed by atoms with van der Waals surface area (Å²) >= 11 is 6.87. The monoisotopic (exact) mass is 635 g/mol. The van der Waals surface area contributed by atoms with Crippen LogP contribution in [-0.2, 0) is 34.1 Å². The van der Waals surface area contributed by atoms with Crippen molar-refractivity contribution >= 4 is 44.7 Å². The van der Waals surface area contributed by atoms with Crippen molar-refractivity contribution in [2.45, 2.75) is 42.4 Å². The fourth-order valence-corrected chi connectivity index (χ4v) is 7.86. The fourth-order valence-electron chi connectivity index (χ4n) is 4.59. The summed E-state index contributed by atoms with van der Waals surface area (Å²) in [6, 6.07) is 15.6. The second kappa shape index (κ2) is 12.4. The van der Waals surface area contributed by atoms with E-state index in [1.54, 1.807) is 24.4 Å². The summed E-state index contributed by atoms with van der Waals surface area (Å²) in [6.07, 6.45) is -1.91. The molecule has 1 unspecified atom stereocenters. The van der Waals surface area contributed by atoms with Crippen molar-refractivity contribution in [3.8, 4) is 11.3 Å². The van der Waals surface area contributed by atoms with E-state index < -0.39 is 33.7 Å². The second-order valence-electron chi connectivity index (χ2n) is 9.55. The minimum absolute atomic E-state index is 0.0441. The number of anilines is 1. The van der Waals surface area contributed by atoms with Crippen LogP contribution in [0.15, 0.2) is 77.1 Å².